The largest absolute Gasteiger partial charge is 0.310 e. The summed E-state index contributed by atoms with van der Waals surface area (Å²) in [5, 5.41) is 11.3. The number of thiophene rings is 1. The molecule has 2 aromatic heterocycles. The number of nitrogens with one attached hydrogen (secondary N) is 2. The molecular weight excluding hydrogens is 573 g/mol. The van der Waals surface area contributed by atoms with Gasteiger partial charge in [-0.25, -0.2) is 9.69 Å². The molecule has 1 aliphatic rings. The Bertz CT molecular complexity index is 1590. The Hall–Kier alpha value is -3.12. The number of aromatic nitrogens is 2. The number of benzene rings is 2. The Morgan fingerprint density at radius 3 is 2.49 bits per heavy atom. The molecular formula is C32H33Cl2N5OS. The highest BCUT2D eigenvalue weighted by atomic mass is 35.5. The van der Waals surface area contributed by atoms with E-state index in [0.717, 1.165) is 52.5 Å². The highest BCUT2D eigenvalue weighted by molar-refractivity contribution is 7.16. The standard InChI is InChI=1S/C32H33Cl2N5OS/c1-21(2)35-20-26-30(32(40)37-38-17-5-4-6-18-38)36-39(28-15-12-24(33)19-27(28)34)31(26)29-16-14-25(41-29)13-11-23-9-7-22(3)8-10-23/h7-10,12,14-16,19,21,35H,4-6,17-18,20H2,1-3H3,(H,37,40). The molecule has 5 rings (SSSR count). The number of amides is 1. The van der Waals surface area contributed by atoms with Gasteiger partial charge in [-0.15, -0.1) is 11.3 Å². The predicted octanol–water partition coefficient (Wildman–Crippen LogP) is 7.24. The van der Waals surface area contributed by atoms with Crippen molar-refractivity contribution in [1.29, 1.82) is 0 Å². The number of aryl methyl sites for hydroxylation is 1. The van der Waals surface area contributed by atoms with E-state index in [4.69, 9.17) is 28.3 Å². The zero-order valence-corrected chi connectivity index (χ0v) is 25.8. The van der Waals surface area contributed by atoms with Crippen LogP contribution in [0.3, 0.4) is 0 Å². The van der Waals surface area contributed by atoms with Crippen LogP contribution in [0.1, 0.15) is 65.2 Å². The third kappa shape index (κ3) is 7.21. The van der Waals surface area contributed by atoms with Crippen LogP contribution in [0, 0.1) is 18.8 Å². The van der Waals surface area contributed by atoms with Crippen LogP contribution in [0.5, 0.6) is 0 Å². The number of hydrogen-bond donors (Lipinski definition) is 2. The van der Waals surface area contributed by atoms with E-state index in [0.29, 0.717) is 28.0 Å². The topological polar surface area (TPSA) is 62.2 Å². The van der Waals surface area contributed by atoms with Gasteiger partial charge in [0.2, 0.25) is 0 Å². The fraction of sp³-hybridized carbons (Fsp3) is 0.312. The molecule has 3 heterocycles. The second kappa shape index (κ2) is 13.2. The summed E-state index contributed by atoms with van der Waals surface area (Å²) in [6.45, 7) is 8.34. The summed E-state index contributed by atoms with van der Waals surface area (Å²) in [7, 11) is 0. The highest BCUT2D eigenvalue weighted by Crippen LogP contribution is 2.36. The normalized spacial score (nSPS) is 13.7. The summed E-state index contributed by atoms with van der Waals surface area (Å²) in [5.41, 5.74) is 7.88. The molecule has 0 spiro atoms. The third-order valence-corrected chi connectivity index (χ3v) is 8.41. The smallest absolute Gasteiger partial charge is 0.286 e. The Labute approximate surface area is 255 Å². The van der Waals surface area contributed by atoms with E-state index < -0.39 is 0 Å². The summed E-state index contributed by atoms with van der Waals surface area (Å²) >= 11 is 14.5. The lowest BCUT2D eigenvalue weighted by Crippen LogP contribution is -2.45. The molecule has 9 heteroatoms. The van der Waals surface area contributed by atoms with Gasteiger partial charge >= 0.3 is 0 Å². The maximum Gasteiger partial charge on any atom is 0.286 e. The van der Waals surface area contributed by atoms with Gasteiger partial charge in [0.1, 0.15) is 0 Å². The fourth-order valence-electron chi connectivity index (χ4n) is 4.69. The lowest BCUT2D eigenvalue weighted by Gasteiger charge is -2.26. The van der Waals surface area contributed by atoms with Crippen LogP contribution in [-0.4, -0.2) is 39.8 Å². The Kier molecular flexibility index (Phi) is 9.49. The Morgan fingerprint density at radius 2 is 1.78 bits per heavy atom. The quantitative estimate of drug-likeness (QED) is 0.218. The van der Waals surface area contributed by atoms with Gasteiger partial charge in [0.15, 0.2) is 5.69 Å². The van der Waals surface area contributed by atoms with E-state index in [-0.39, 0.29) is 11.9 Å². The minimum atomic E-state index is -0.228. The summed E-state index contributed by atoms with van der Waals surface area (Å²) in [5.74, 6) is 6.33. The van der Waals surface area contributed by atoms with Crippen molar-refractivity contribution < 1.29 is 4.79 Å². The summed E-state index contributed by atoms with van der Waals surface area (Å²) < 4.78 is 1.77. The zero-order chi connectivity index (χ0) is 28.9. The van der Waals surface area contributed by atoms with Crippen molar-refractivity contribution in [3.8, 4) is 28.1 Å². The van der Waals surface area contributed by atoms with Crippen LogP contribution in [0.2, 0.25) is 10.0 Å². The number of halogens is 2. The van der Waals surface area contributed by atoms with Gasteiger partial charge in [0.25, 0.3) is 5.91 Å². The molecule has 2 aromatic carbocycles. The first-order chi connectivity index (χ1) is 19.8. The van der Waals surface area contributed by atoms with Crippen molar-refractivity contribution in [3.63, 3.8) is 0 Å². The van der Waals surface area contributed by atoms with Crippen molar-refractivity contribution in [3.05, 3.63) is 91.9 Å². The summed E-state index contributed by atoms with van der Waals surface area (Å²) in [6, 6.07) is 17.7. The third-order valence-electron chi connectivity index (χ3n) is 6.86. The number of hydrazine groups is 1. The monoisotopic (exact) mass is 605 g/mol. The first-order valence-electron chi connectivity index (χ1n) is 13.8. The van der Waals surface area contributed by atoms with E-state index in [1.807, 2.05) is 35.3 Å². The molecule has 4 aromatic rings. The van der Waals surface area contributed by atoms with Crippen LogP contribution in [0.15, 0.2) is 54.6 Å². The van der Waals surface area contributed by atoms with Gasteiger partial charge in [0, 0.05) is 41.8 Å². The average molecular weight is 607 g/mol. The molecule has 2 N–H and O–H groups in total. The van der Waals surface area contributed by atoms with Crippen molar-refractivity contribution in [2.75, 3.05) is 13.1 Å². The van der Waals surface area contributed by atoms with Crippen molar-refractivity contribution in [2.24, 2.45) is 0 Å². The number of carbonyl (C=O) groups excluding carboxylic acids is 1. The van der Waals surface area contributed by atoms with Gasteiger partial charge in [-0.2, -0.15) is 5.10 Å². The maximum absolute atomic E-state index is 13.7. The number of carbonyl (C=O) groups is 1. The number of piperidine rings is 1. The molecule has 6 nitrogen and oxygen atoms in total. The van der Waals surface area contributed by atoms with E-state index in [9.17, 15) is 4.79 Å². The average Bonchev–Trinajstić information content (AvgIpc) is 3.57. The maximum atomic E-state index is 13.7. The second-order valence-corrected chi connectivity index (χ2v) is 12.4. The van der Waals surface area contributed by atoms with Crippen LogP contribution < -0.4 is 10.7 Å². The number of hydrogen-bond acceptors (Lipinski definition) is 5. The van der Waals surface area contributed by atoms with E-state index in [1.54, 1.807) is 28.2 Å². The Balaban J connectivity index is 1.61. The van der Waals surface area contributed by atoms with Gasteiger partial charge in [-0.05, 0) is 62.2 Å². The first-order valence-corrected chi connectivity index (χ1v) is 15.4. The predicted molar refractivity (Wildman–Crippen MR) is 169 cm³/mol. The minimum absolute atomic E-state index is 0.211. The van der Waals surface area contributed by atoms with Gasteiger partial charge < -0.3 is 5.32 Å². The molecule has 0 unspecified atom stereocenters. The van der Waals surface area contributed by atoms with Gasteiger partial charge in [0.05, 0.1) is 26.2 Å². The molecule has 1 saturated heterocycles. The van der Waals surface area contributed by atoms with Crippen LogP contribution >= 0.6 is 34.5 Å². The first kappa shape index (κ1) is 29.4. The van der Waals surface area contributed by atoms with Crippen LogP contribution in [-0.2, 0) is 6.54 Å². The van der Waals surface area contributed by atoms with E-state index in [2.05, 4.69) is 55.5 Å². The summed E-state index contributed by atoms with van der Waals surface area (Å²) in [4.78, 5) is 15.6. The molecule has 1 aliphatic heterocycles. The zero-order valence-electron chi connectivity index (χ0n) is 23.4. The van der Waals surface area contributed by atoms with Gasteiger partial charge in [-0.1, -0.05) is 73.0 Å². The van der Waals surface area contributed by atoms with Crippen LogP contribution in [0.25, 0.3) is 16.3 Å². The minimum Gasteiger partial charge on any atom is -0.310 e. The van der Waals surface area contributed by atoms with Crippen molar-refractivity contribution >= 4 is 40.4 Å². The lowest BCUT2D eigenvalue weighted by atomic mass is 10.1. The molecule has 212 valence electrons. The molecule has 41 heavy (non-hydrogen) atoms. The van der Waals surface area contributed by atoms with E-state index >= 15 is 0 Å². The van der Waals surface area contributed by atoms with Crippen LogP contribution in [0.4, 0.5) is 0 Å². The molecule has 0 radical (unpaired) electrons. The SMILES string of the molecule is Cc1ccc(C#Cc2ccc(-c3c(CNC(C)C)c(C(=O)NN4CCCCC4)nn3-c3ccc(Cl)cc3Cl)s2)cc1. The lowest BCUT2D eigenvalue weighted by molar-refractivity contribution is 0.0743. The second-order valence-electron chi connectivity index (χ2n) is 10.5. The molecule has 0 atom stereocenters. The Morgan fingerprint density at radius 1 is 1.02 bits per heavy atom. The molecule has 0 aliphatic carbocycles. The number of nitrogens with zero attached hydrogens (tertiary/aromatic N) is 3. The molecule has 1 amide bonds. The molecule has 1 fully saturated rings. The molecule has 0 saturated carbocycles. The number of rotatable bonds is 7. The van der Waals surface area contributed by atoms with Crippen molar-refractivity contribution in [2.45, 2.75) is 52.6 Å². The van der Waals surface area contributed by atoms with Gasteiger partial charge in [-0.3, -0.25) is 10.2 Å². The highest BCUT2D eigenvalue weighted by Gasteiger charge is 2.28. The van der Waals surface area contributed by atoms with Crippen molar-refractivity contribution in [1.82, 2.24) is 25.5 Å². The fourth-order valence-corrected chi connectivity index (χ4v) is 6.10. The van der Waals surface area contributed by atoms with E-state index in [1.165, 1.54) is 12.0 Å². The summed E-state index contributed by atoms with van der Waals surface area (Å²) in [6.07, 6.45) is 3.30. The molecule has 0 bridgehead atoms.